The van der Waals surface area contributed by atoms with Gasteiger partial charge in [-0.15, -0.1) is 12.3 Å². The second-order valence-electron chi connectivity index (χ2n) is 3.13. The van der Waals surface area contributed by atoms with Gasteiger partial charge in [0.25, 0.3) is 0 Å². The molecular formula is C9H13BrO. The summed E-state index contributed by atoms with van der Waals surface area (Å²) in [6, 6.07) is 0. The van der Waals surface area contributed by atoms with Gasteiger partial charge in [-0.1, -0.05) is 15.9 Å². The van der Waals surface area contributed by atoms with Crippen LogP contribution in [0.25, 0.3) is 0 Å². The highest BCUT2D eigenvalue weighted by molar-refractivity contribution is 9.09. The van der Waals surface area contributed by atoms with Crippen LogP contribution in [0.3, 0.4) is 0 Å². The lowest BCUT2D eigenvalue weighted by atomic mass is 9.80. The van der Waals surface area contributed by atoms with Crippen molar-refractivity contribution in [2.45, 2.75) is 19.3 Å². The van der Waals surface area contributed by atoms with Crippen molar-refractivity contribution in [1.82, 2.24) is 0 Å². The van der Waals surface area contributed by atoms with Crippen molar-refractivity contribution in [3.05, 3.63) is 0 Å². The number of terminal acetylenes is 1. The van der Waals surface area contributed by atoms with E-state index < -0.39 is 0 Å². The Bertz CT molecular complexity index is 153. The second kappa shape index (κ2) is 4.13. The third-order valence-electron chi connectivity index (χ3n) is 2.31. The van der Waals surface area contributed by atoms with Crippen LogP contribution in [0.4, 0.5) is 0 Å². The molecule has 1 rings (SSSR count). The number of hydrogen-bond donors (Lipinski definition) is 0. The van der Waals surface area contributed by atoms with E-state index in [0.717, 1.165) is 37.8 Å². The van der Waals surface area contributed by atoms with Gasteiger partial charge in [0.15, 0.2) is 0 Å². The molecule has 0 saturated carbocycles. The molecule has 0 amide bonds. The second-order valence-corrected chi connectivity index (χ2v) is 3.69. The van der Waals surface area contributed by atoms with E-state index in [1.807, 2.05) is 0 Å². The van der Waals surface area contributed by atoms with Gasteiger partial charge >= 0.3 is 0 Å². The molecule has 1 aliphatic rings. The number of ether oxygens (including phenoxy) is 1. The predicted octanol–water partition coefficient (Wildman–Crippen LogP) is 2.20. The zero-order chi connectivity index (χ0) is 8.16. The monoisotopic (exact) mass is 216 g/mol. The number of halogens is 1. The highest BCUT2D eigenvalue weighted by Crippen LogP contribution is 2.35. The van der Waals surface area contributed by atoms with Gasteiger partial charge in [0, 0.05) is 25.0 Å². The van der Waals surface area contributed by atoms with Gasteiger partial charge in [0.05, 0.1) is 0 Å². The zero-order valence-electron chi connectivity index (χ0n) is 6.61. The molecule has 1 heterocycles. The van der Waals surface area contributed by atoms with Crippen molar-refractivity contribution in [3.8, 4) is 12.3 Å². The van der Waals surface area contributed by atoms with E-state index in [9.17, 15) is 0 Å². The van der Waals surface area contributed by atoms with Crippen LogP contribution in [0.5, 0.6) is 0 Å². The van der Waals surface area contributed by atoms with E-state index in [-0.39, 0.29) is 0 Å². The Hall–Kier alpha value is -0.0000000000000000208. The number of alkyl halides is 1. The first-order valence-corrected chi connectivity index (χ1v) is 5.02. The van der Waals surface area contributed by atoms with Gasteiger partial charge in [0.1, 0.15) is 0 Å². The van der Waals surface area contributed by atoms with E-state index >= 15 is 0 Å². The van der Waals surface area contributed by atoms with E-state index in [4.69, 9.17) is 11.2 Å². The maximum atomic E-state index is 5.31. The molecule has 11 heavy (non-hydrogen) atoms. The van der Waals surface area contributed by atoms with Gasteiger partial charge < -0.3 is 4.74 Å². The van der Waals surface area contributed by atoms with Crippen LogP contribution in [-0.2, 0) is 4.74 Å². The van der Waals surface area contributed by atoms with Crippen LogP contribution in [0.15, 0.2) is 0 Å². The molecule has 2 heteroatoms. The number of hydrogen-bond acceptors (Lipinski definition) is 1. The molecule has 0 atom stereocenters. The van der Waals surface area contributed by atoms with Gasteiger partial charge in [-0.25, -0.2) is 0 Å². The molecule has 0 radical (unpaired) electrons. The molecular weight excluding hydrogens is 204 g/mol. The highest BCUT2D eigenvalue weighted by Gasteiger charge is 2.30. The zero-order valence-corrected chi connectivity index (χ0v) is 8.19. The smallest absolute Gasteiger partial charge is 0.0471 e. The maximum Gasteiger partial charge on any atom is 0.0471 e. The molecule has 0 bridgehead atoms. The van der Waals surface area contributed by atoms with Crippen LogP contribution in [0.2, 0.25) is 0 Å². The standard InChI is InChI=1S/C9H13BrO/c1-2-3-9(8-10)4-6-11-7-5-9/h1H,3-8H2. The molecule has 0 aromatic carbocycles. The van der Waals surface area contributed by atoms with Crippen molar-refractivity contribution >= 4 is 15.9 Å². The molecule has 0 aromatic heterocycles. The largest absolute Gasteiger partial charge is 0.381 e. The third-order valence-corrected chi connectivity index (χ3v) is 3.50. The van der Waals surface area contributed by atoms with Crippen molar-refractivity contribution < 1.29 is 4.74 Å². The number of rotatable bonds is 2. The molecule has 0 spiro atoms. The van der Waals surface area contributed by atoms with Crippen molar-refractivity contribution in [2.24, 2.45) is 5.41 Å². The summed E-state index contributed by atoms with van der Waals surface area (Å²) < 4.78 is 5.28. The molecule has 62 valence electrons. The minimum Gasteiger partial charge on any atom is -0.381 e. The summed E-state index contributed by atoms with van der Waals surface area (Å²) in [5, 5.41) is 1.01. The Morgan fingerprint density at radius 3 is 2.55 bits per heavy atom. The molecule has 1 saturated heterocycles. The van der Waals surface area contributed by atoms with Gasteiger partial charge in [-0.05, 0) is 18.3 Å². The van der Waals surface area contributed by atoms with Crippen LogP contribution >= 0.6 is 15.9 Å². The Kier molecular flexibility index (Phi) is 3.42. The topological polar surface area (TPSA) is 9.23 Å². The fourth-order valence-electron chi connectivity index (χ4n) is 1.38. The quantitative estimate of drug-likeness (QED) is 0.509. The first-order valence-electron chi connectivity index (χ1n) is 3.90. The SMILES string of the molecule is C#CCC1(CBr)CCOCC1. The fraction of sp³-hybridized carbons (Fsp3) is 0.778. The molecule has 0 aliphatic carbocycles. The normalized spacial score (nSPS) is 22.5. The lowest BCUT2D eigenvalue weighted by molar-refractivity contribution is 0.0292. The highest BCUT2D eigenvalue weighted by atomic mass is 79.9. The summed E-state index contributed by atoms with van der Waals surface area (Å²) in [4.78, 5) is 0. The molecule has 0 aromatic rings. The van der Waals surface area contributed by atoms with E-state index in [0.29, 0.717) is 5.41 Å². The van der Waals surface area contributed by atoms with Gasteiger partial charge in [-0.3, -0.25) is 0 Å². The van der Waals surface area contributed by atoms with Crippen LogP contribution in [-0.4, -0.2) is 18.5 Å². The van der Waals surface area contributed by atoms with Crippen LogP contribution in [0.1, 0.15) is 19.3 Å². The Balaban J connectivity index is 2.51. The fourth-order valence-corrected chi connectivity index (χ4v) is 2.14. The Morgan fingerprint density at radius 1 is 1.45 bits per heavy atom. The third kappa shape index (κ3) is 2.21. The van der Waals surface area contributed by atoms with Crippen molar-refractivity contribution in [2.75, 3.05) is 18.5 Å². The molecule has 1 fully saturated rings. The first-order chi connectivity index (χ1) is 5.33. The summed E-state index contributed by atoms with van der Waals surface area (Å²) in [6.07, 6.45) is 8.38. The molecule has 1 aliphatic heterocycles. The molecule has 1 nitrogen and oxygen atoms in total. The lowest BCUT2D eigenvalue weighted by Gasteiger charge is -2.33. The summed E-state index contributed by atoms with van der Waals surface area (Å²) in [5.74, 6) is 2.74. The van der Waals surface area contributed by atoms with Gasteiger partial charge in [-0.2, -0.15) is 0 Å². The predicted molar refractivity (Wildman–Crippen MR) is 49.7 cm³/mol. The van der Waals surface area contributed by atoms with Gasteiger partial charge in [0.2, 0.25) is 0 Å². The Labute approximate surface area is 76.6 Å². The summed E-state index contributed by atoms with van der Waals surface area (Å²) in [6.45, 7) is 1.74. The van der Waals surface area contributed by atoms with Crippen molar-refractivity contribution in [3.63, 3.8) is 0 Å². The molecule has 0 N–H and O–H groups in total. The minimum atomic E-state index is 0.326. The summed E-state index contributed by atoms with van der Waals surface area (Å²) in [5.41, 5.74) is 0.326. The average molecular weight is 217 g/mol. The average Bonchev–Trinajstić information content (AvgIpc) is 2.07. The van der Waals surface area contributed by atoms with E-state index in [2.05, 4.69) is 21.9 Å². The maximum absolute atomic E-state index is 5.31. The van der Waals surface area contributed by atoms with E-state index in [1.54, 1.807) is 0 Å². The minimum absolute atomic E-state index is 0.326. The summed E-state index contributed by atoms with van der Waals surface area (Å²) >= 11 is 3.52. The van der Waals surface area contributed by atoms with Crippen LogP contribution in [0, 0.1) is 17.8 Å². The molecule has 0 unspecified atom stereocenters. The summed E-state index contributed by atoms with van der Waals surface area (Å²) in [7, 11) is 0. The first kappa shape index (κ1) is 9.09. The van der Waals surface area contributed by atoms with Crippen LogP contribution < -0.4 is 0 Å². The van der Waals surface area contributed by atoms with E-state index in [1.165, 1.54) is 0 Å². The lowest BCUT2D eigenvalue weighted by Crippen LogP contribution is -2.30. The van der Waals surface area contributed by atoms with Crippen molar-refractivity contribution in [1.29, 1.82) is 0 Å². The Morgan fingerprint density at radius 2 is 2.09 bits per heavy atom.